The molecule has 2 rings (SSSR count). The van der Waals surface area contributed by atoms with Gasteiger partial charge in [-0.2, -0.15) is 0 Å². The summed E-state index contributed by atoms with van der Waals surface area (Å²) in [5.74, 6) is 0.738. The van der Waals surface area contributed by atoms with E-state index in [2.05, 4.69) is 50.3 Å². The van der Waals surface area contributed by atoms with E-state index in [4.69, 9.17) is 4.74 Å². The maximum atomic E-state index is 5.92. The minimum Gasteiger partial charge on any atom is -0.378 e. The number of hydrogen-bond donors (Lipinski definition) is 0. The van der Waals surface area contributed by atoms with Crippen molar-refractivity contribution in [2.75, 3.05) is 6.61 Å². The van der Waals surface area contributed by atoms with Gasteiger partial charge in [-0.1, -0.05) is 55.3 Å². The van der Waals surface area contributed by atoms with Crippen LogP contribution in [0.2, 0.25) is 0 Å². The fraction of sp³-hybridized carbons (Fsp3) is 0.579. The maximum absolute atomic E-state index is 5.92. The van der Waals surface area contributed by atoms with Crippen LogP contribution in [-0.2, 0) is 4.74 Å². The molecule has 0 bridgehead atoms. The summed E-state index contributed by atoms with van der Waals surface area (Å²) in [5, 5.41) is 0. The fourth-order valence-electron chi connectivity index (χ4n) is 2.77. The van der Waals surface area contributed by atoms with Gasteiger partial charge in [0.25, 0.3) is 0 Å². The topological polar surface area (TPSA) is 9.23 Å². The number of hydrogen-bond acceptors (Lipinski definition) is 1. The molecule has 1 saturated carbocycles. The van der Waals surface area contributed by atoms with Crippen molar-refractivity contribution in [1.29, 1.82) is 0 Å². The SMILES string of the molecule is CCCCOC1CCC(C=Cc2ccc(C)cc2)CC1. The molecule has 1 aliphatic carbocycles. The summed E-state index contributed by atoms with van der Waals surface area (Å²) in [5.41, 5.74) is 2.64. The molecule has 0 aromatic heterocycles. The number of unbranched alkanes of at least 4 members (excludes halogenated alkanes) is 1. The highest BCUT2D eigenvalue weighted by Crippen LogP contribution is 2.27. The van der Waals surface area contributed by atoms with Gasteiger partial charge in [-0.3, -0.25) is 0 Å². The highest BCUT2D eigenvalue weighted by molar-refractivity contribution is 5.49. The first-order chi connectivity index (χ1) is 9.78. The van der Waals surface area contributed by atoms with Crippen molar-refractivity contribution < 1.29 is 4.74 Å². The standard InChI is InChI=1S/C19H28O/c1-3-4-15-20-19-13-11-18(12-14-19)10-9-17-7-5-16(2)6-8-17/h5-10,18-19H,3-4,11-15H2,1-2H3. The zero-order valence-corrected chi connectivity index (χ0v) is 13.0. The second kappa shape index (κ2) is 8.26. The van der Waals surface area contributed by atoms with E-state index >= 15 is 0 Å². The van der Waals surface area contributed by atoms with Crippen LogP contribution in [0.5, 0.6) is 0 Å². The Bertz CT molecular complexity index is 396. The van der Waals surface area contributed by atoms with Crippen molar-refractivity contribution in [1.82, 2.24) is 0 Å². The Hall–Kier alpha value is -1.08. The van der Waals surface area contributed by atoms with Crippen LogP contribution < -0.4 is 0 Å². The molecule has 0 amide bonds. The highest BCUT2D eigenvalue weighted by atomic mass is 16.5. The summed E-state index contributed by atoms with van der Waals surface area (Å²) in [4.78, 5) is 0. The van der Waals surface area contributed by atoms with E-state index < -0.39 is 0 Å². The molecule has 110 valence electrons. The summed E-state index contributed by atoms with van der Waals surface area (Å²) in [6, 6.07) is 8.76. The molecule has 1 aromatic carbocycles. The highest BCUT2D eigenvalue weighted by Gasteiger charge is 2.19. The Morgan fingerprint density at radius 1 is 1.10 bits per heavy atom. The molecular weight excluding hydrogens is 244 g/mol. The lowest BCUT2D eigenvalue weighted by Crippen LogP contribution is -2.21. The van der Waals surface area contributed by atoms with Crippen LogP contribution in [0, 0.1) is 12.8 Å². The smallest absolute Gasteiger partial charge is 0.0575 e. The molecule has 0 spiro atoms. The first-order valence-electron chi connectivity index (χ1n) is 8.14. The zero-order valence-electron chi connectivity index (χ0n) is 13.0. The van der Waals surface area contributed by atoms with E-state index in [9.17, 15) is 0 Å². The van der Waals surface area contributed by atoms with E-state index in [1.807, 2.05) is 0 Å². The molecule has 1 nitrogen and oxygen atoms in total. The number of aryl methyl sites for hydroxylation is 1. The molecule has 1 fully saturated rings. The Kier molecular flexibility index (Phi) is 6.32. The molecule has 0 N–H and O–H groups in total. The third kappa shape index (κ3) is 5.13. The average molecular weight is 272 g/mol. The molecule has 1 aromatic rings. The van der Waals surface area contributed by atoms with Gasteiger partial charge in [0.1, 0.15) is 0 Å². The molecule has 20 heavy (non-hydrogen) atoms. The first kappa shape index (κ1) is 15.3. The summed E-state index contributed by atoms with van der Waals surface area (Å²) in [6.07, 6.45) is 12.6. The Balaban J connectivity index is 1.72. The van der Waals surface area contributed by atoms with E-state index in [1.165, 1.54) is 49.7 Å². The van der Waals surface area contributed by atoms with Gasteiger partial charge in [-0.05, 0) is 50.5 Å². The lowest BCUT2D eigenvalue weighted by Gasteiger charge is -2.26. The van der Waals surface area contributed by atoms with E-state index in [0.29, 0.717) is 6.10 Å². The van der Waals surface area contributed by atoms with Gasteiger partial charge >= 0.3 is 0 Å². The molecule has 1 aliphatic rings. The Morgan fingerprint density at radius 3 is 2.45 bits per heavy atom. The summed E-state index contributed by atoms with van der Waals surface area (Å²) < 4.78 is 5.92. The van der Waals surface area contributed by atoms with Crippen LogP contribution in [0.4, 0.5) is 0 Å². The molecule has 0 heterocycles. The van der Waals surface area contributed by atoms with Crippen LogP contribution in [-0.4, -0.2) is 12.7 Å². The minimum absolute atomic E-state index is 0.519. The van der Waals surface area contributed by atoms with Gasteiger partial charge in [0.05, 0.1) is 6.10 Å². The van der Waals surface area contributed by atoms with Gasteiger partial charge < -0.3 is 4.74 Å². The molecule has 0 atom stereocenters. The number of ether oxygens (including phenoxy) is 1. The van der Waals surface area contributed by atoms with E-state index in [0.717, 1.165) is 12.5 Å². The van der Waals surface area contributed by atoms with Crippen molar-refractivity contribution in [3.05, 3.63) is 41.5 Å². The van der Waals surface area contributed by atoms with Crippen LogP contribution in [0.15, 0.2) is 30.3 Å². The lowest BCUT2D eigenvalue weighted by atomic mass is 9.87. The third-order valence-electron chi connectivity index (χ3n) is 4.21. The van der Waals surface area contributed by atoms with Crippen LogP contribution in [0.3, 0.4) is 0 Å². The monoisotopic (exact) mass is 272 g/mol. The lowest BCUT2D eigenvalue weighted by molar-refractivity contribution is 0.0209. The van der Waals surface area contributed by atoms with E-state index in [1.54, 1.807) is 0 Å². The summed E-state index contributed by atoms with van der Waals surface area (Å²) in [7, 11) is 0. The van der Waals surface area contributed by atoms with Crippen molar-refractivity contribution in [2.45, 2.75) is 58.5 Å². The first-order valence-corrected chi connectivity index (χ1v) is 8.14. The molecule has 0 unspecified atom stereocenters. The van der Waals surface area contributed by atoms with Crippen molar-refractivity contribution in [2.24, 2.45) is 5.92 Å². The predicted molar refractivity (Wildman–Crippen MR) is 86.8 cm³/mol. The van der Waals surface area contributed by atoms with Gasteiger partial charge in [0.2, 0.25) is 0 Å². The van der Waals surface area contributed by atoms with Crippen molar-refractivity contribution in [3.63, 3.8) is 0 Å². The van der Waals surface area contributed by atoms with Gasteiger partial charge in [0, 0.05) is 6.61 Å². The number of rotatable bonds is 6. The van der Waals surface area contributed by atoms with Gasteiger partial charge in [-0.15, -0.1) is 0 Å². The zero-order chi connectivity index (χ0) is 14.2. The predicted octanol–water partition coefficient (Wildman–Crippen LogP) is 5.38. The van der Waals surface area contributed by atoms with Crippen molar-refractivity contribution in [3.8, 4) is 0 Å². The molecular formula is C19H28O. The molecule has 0 aliphatic heterocycles. The van der Waals surface area contributed by atoms with E-state index in [-0.39, 0.29) is 0 Å². The summed E-state index contributed by atoms with van der Waals surface area (Å²) >= 11 is 0. The Labute approximate surface area is 124 Å². The summed E-state index contributed by atoms with van der Waals surface area (Å²) in [6.45, 7) is 5.30. The Morgan fingerprint density at radius 2 is 1.80 bits per heavy atom. The maximum Gasteiger partial charge on any atom is 0.0575 e. The van der Waals surface area contributed by atoms with Crippen LogP contribution in [0.25, 0.3) is 6.08 Å². The second-order valence-electron chi connectivity index (χ2n) is 6.03. The third-order valence-corrected chi connectivity index (χ3v) is 4.21. The number of benzene rings is 1. The second-order valence-corrected chi connectivity index (χ2v) is 6.03. The van der Waals surface area contributed by atoms with Crippen molar-refractivity contribution >= 4 is 6.08 Å². The van der Waals surface area contributed by atoms with Crippen LogP contribution in [0.1, 0.15) is 56.6 Å². The fourth-order valence-corrected chi connectivity index (χ4v) is 2.77. The molecule has 0 radical (unpaired) electrons. The van der Waals surface area contributed by atoms with Crippen LogP contribution >= 0.6 is 0 Å². The quantitative estimate of drug-likeness (QED) is 0.631. The van der Waals surface area contributed by atoms with Gasteiger partial charge in [-0.25, -0.2) is 0 Å². The normalized spacial score (nSPS) is 23.3. The molecule has 0 saturated heterocycles. The molecule has 1 heteroatoms. The minimum atomic E-state index is 0.519. The average Bonchev–Trinajstić information content (AvgIpc) is 2.48. The van der Waals surface area contributed by atoms with Gasteiger partial charge in [0.15, 0.2) is 0 Å². The largest absolute Gasteiger partial charge is 0.378 e. The number of allylic oxidation sites excluding steroid dienone is 1.